The lowest BCUT2D eigenvalue weighted by Gasteiger charge is -2.56. The van der Waals surface area contributed by atoms with Crippen LogP contribution in [0.2, 0.25) is 0 Å². The average molecular weight is 521 g/mol. The van der Waals surface area contributed by atoms with E-state index in [0.717, 1.165) is 16.7 Å². The van der Waals surface area contributed by atoms with Crippen molar-refractivity contribution in [3.8, 4) is 0 Å². The zero-order chi connectivity index (χ0) is 27.7. The lowest BCUT2D eigenvalue weighted by molar-refractivity contribution is -0.123. The number of allylic oxidation sites excluding steroid dienone is 4. The van der Waals surface area contributed by atoms with E-state index in [1.54, 1.807) is 24.3 Å². The summed E-state index contributed by atoms with van der Waals surface area (Å²) in [5.74, 6) is -1.11. The Hall–Kier alpha value is -3.92. The summed E-state index contributed by atoms with van der Waals surface area (Å²) in [7, 11) is 0. The van der Waals surface area contributed by atoms with Gasteiger partial charge in [-0.15, -0.1) is 0 Å². The first-order chi connectivity index (χ1) is 18.7. The molecule has 2 aliphatic carbocycles. The lowest BCUT2D eigenvalue weighted by Crippen LogP contribution is -2.58. The third-order valence-corrected chi connectivity index (χ3v) is 8.87. The molecule has 6 atom stereocenters. The van der Waals surface area contributed by atoms with E-state index in [0.29, 0.717) is 11.1 Å². The number of carbonyl (C=O) groups is 2. The molecule has 200 valence electrons. The Morgan fingerprint density at radius 2 is 1.23 bits per heavy atom. The monoisotopic (exact) mass is 520 g/mol. The Morgan fingerprint density at radius 3 is 1.77 bits per heavy atom. The first kappa shape index (κ1) is 26.7. The Kier molecular flexibility index (Phi) is 7.31. The summed E-state index contributed by atoms with van der Waals surface area (Å²) >= 11 is 0. The molecule has 3 aromatic rings. The van der Waals surface area contributed by atoms with Gasteiger partial charge in [0.15, 0.2) is 0 Å². The molecule has 0 bridgehead atoms. The normalized spacial score (nSPS) is 27.7. The number of ether oxygens (including phenoxy) is 2. The maximum Gasteiger partial charge on any atom is 0.338 e. The van der Waals surface area contributed by atoms with Gasteiger partial charge in [-0.1, -0.05) is 92.2 Å². The van der Waals surface area contributed by atoms with Crippen LogP contribution in [0.15, 0.2) is 103 Å². The number of rotatable bonds is 5. The molecule has 5 rings (SSSR count). The zero-order valence-electron chi connectivity index (χ0n) is 23.3. The quantitative estimate of drug-likeness (QED) is 0.325. The van der Waals surface area contributed by atoms with Crippen molar-refractivity contribution in [2.24, 2.45) is 17.3 Å². The lowest BCUT2D eigenvalue weighted by atomic mass is 9.51. The maximum atomic E-state index is 13.6. The number of benzene rings is 3. The minimum absolute atomic E-state index is 0.0533. The van der Waals surface area contributed by atoms with Crippen LogP contribution in [0, 0.1) is 31.1 Å². The third-order valence-electron chi connectivity index (χ3n) is 8.87. The largest absolute Gasteiger partial charge is 0.454 e. The van der Waals surface area contributed by atoms with Gasteiger partial charge in [0.1, 0.15) is 12.2 Å². The molecule has 39 heavy (non-hydrogen) atoms. The summed E-state index contributed by atoms with van der Waals surface area (Å²) in [5.41, 5.74) is 5.27. The Balaban J connectivity index is 1.68. The Morgan fingerprint density at radius 1 is 0.718 bits per heavy atom. The van der Waals surface area contributed by atoms with Crippen molar-refractivity contribution in [2.45, 2.75) is 52.7 Å². The van der Waals surface area contributed by atoms with E-state index in [4.69, 9.17) is 9.47 Å². The summed E-state index contributed by atoms with van der Waals surface area (Å²) in [6.07, 6.45) is 5.16. The molecule has 1 saturated carbocycles. The van der Waals surface area contributed by atoms with Crippen LogP contribution in [0.4, 0.5) is 0 Å². The summed E-state index contributed by atoms with van der Waals surface area (Å²) in [6.45, 7) is 10.7. The molecule has 4 nitrogen and oxygen atoms in total. The average Bonchev–Trinajstić information content (AvgIpc) is 2.93. The molecule has 0 spiro atoms. The number of esters is 2. The van der Waals surface area contributed by atoms with E-state index >= 15 is 0 Å². The molecule has 6 unspecified atom stereocenters. The van der Waals surface area contributed by atoms with Crippen LogP contribution in [0.3, 0.4) is 0 Å². The van der Waals surface area contributed by atoms with E-state index in [-0.39, 0.29) is 23.2 Å². The van der Waals surface area contributed by atoms with Gasteiger partial charge < -0.3 is 9.47 Å². The molecule has 0 amide bonds. The van der Waals surface area contributed by atoms with Crippen molar-refractivity contribution < 1.29 is 19.1 Å². The molecule has 0 saturated heterocycles. The molecule has 0 heterocycles. The van der Waals surface area contributed by atoms with Gasteiger partial charge in [-0.2, -0.15) is 0 Å². The van der Waals surface area contributed by atoms with E-state index in [1.807, 2.05) is 36.4 Å². The fourth-order valence-corrected chi connectivity index (χ4v) is 6.77. The van der Waals surface area contributed by atoms with Gasteiger partial charge in [-0.3, -0.25) is 0 Å². The highest BCUT2D eigenvalue weighted by atomic mass is 16.6. The van der Waals surface area contributed by atoms with E-state index < -0.39 is 24.1 Å². The first-order valence-corrected chi connectivity index (χ1v) is 13.7. The topological polar surface area (TPSA) is 52.6 Å². The van der Waals surface area contributed by atoms with Crippen molar-refractivity contribution >= 4 is 11.9 Å². The van der Waals surface area contributed by atoms with Gasteiger partial charge in [0.05, 0.1) is 11.1 Å². The molecule has 0 aliphatic heterocycles. The SMILES string of the molecule is CC1=CC=CC2(C)C(C)C(OC(=O)c3ccccc3)C(OC(=O)c3ccccc3)C(c3c(C)cccc3C)C12. The molecule has 2 aliphatic rings. The predicted molar refractivity (Wildman–Crippen MR) is 154 cm³/mol. The summed E-state index contributed by atoms with van der Waals surface area (Å²) in [4.78, 5) is 27.1. The van der Waals surface area contributed by atoms with Crippen LogP contribution in [0.5, 0.6) is 0 Å². The van der Waals surface area contributed by atoms with Gasteiger partial charge in [-0.25, -0.2) is 9.59 Å². The van der Waals surface area contributed by atoms with Crippen molar-refractivity contribution in [2.75, 3.05) is 0 Å². The summed E-state index contributed by atoms with van der Waals surface area (Å²) < 4.78 is 12.8. The summed E-state index contributed by atoms with van der Waals surface area (Å²) in [5, 5.41) is 0. The standard InChI is InChI=1S/C35H36O4/c1-22-14-12-15-23(2)28(22)29-30-24(3)16-13-21-35(30,5)25(4)31(38-33(36)26-17-8-6-9-18-26)32(29)39-34(37)27-19-10-7-11-20-27/h6-21,25,29-32H,1-5H3. The predicted octanol–water partition coefficient (Wildman–Crippen LogP) is 7.63. The third kappa shape index (κ3) is 4.85. The fraction of sp³-hybridized carbons (Fsp3) is 0.314. The smallest absolute Gasteiger partial charge is 0.338 e. The van der Waals surface area contributed by atoms with Gasteiger partial charge in [0.25, 0.3) is 0 Å². The van der Waals surface area contributed by atoms with Gasteiger partial charge in [0.2, 0.25) is 0 Å². The molecule has 1 fully saturated rings. The van der Waals surface area contributed by atoms with Crippen LogP contribution in [-0.2, 0) is 9.47 Å². The molecular formula is C35H36O4. The highest BCUT2D eigenvalue weighted by Gasteiger charge is 2.59. The van der Waals surface area contributed by atoms with Crippen LogP contribution in [-0.4, -0.2) is 24.1 Å². The molecule has 0 N–H and O–H groups in total. The van der Waals surface area contributed by atoms with E-state index in [1.165, 1.54) is 5.57 Å². The number of hydrogen-bond acceptors (Lipinski definition) is 4. The zero-order valence-corrected chi connectivity index (χ0v) is 23.3. The van der Waals surface area contributed by atoms with Gasteiger partial charge in [-0.05, 0) is 73.1 Å². The van der Waals surface area contributed by atoms with Crippen LogP contribution >= 0.6 is 0 Å². The second kappa shape index (κ2) is 10.7. The summed E-state index contributed by atoms with van der Waals surface area (Å²) in [6, 6.07) is 24.3. The number of aryl methyl sites for hydroxylation is 2. The van der Waals surface area contributed by atoms with E-state index in [2.05, 4.69) is 71.0 Å². The van der Waals surface area contributed by atoms with Crippen LogP contribution in [0.1, 0.15) is 64.1 Å². The first-order valence-electron chi connectivity index (χ1n) is 13.7. The maximum absolute atomic E-state index is 13.6. The van der Waals surface area contributed by atoms with Crippen LogP contribution in [0.25, 0.3) is 0 Å². The molecule has 0 aromatic heterocycles. The second-order valence-corrected chi connectivity index (χ2v) is 11.2. The molecule has 3 aromatic carbocycles. The number of hydrogen-bond donors (Lipinski definition) is 0. The van der Waals surface area contributed by atoms with Crippen molar-refractivity contribution in [1.29, 1.82) is 0 Å². The minimum atomic E-state index is -0.687. The van der Waals surface area contributed by atoms with Gasteiger partial charge >= 0.3 is 11.9 Å². The second-order valence-electron chi connectivity index (χ2n) is 11.2. The Labute approximate surface area is 231 Å². The highest BCUT2D eigenvalue weighted by Crippen LogP contribution is 2.59. The van der Waals surface area contributed by atoms with Crippen LogP contribution < -0.4 is 0 Å². The number of carbonyl (C=O) groups excluding carboxylic acids is 2. The van der Waals surface area contributed by atoms with Crippen molar-refractivity contribution in [1.82, 2.24) is 0 Å². The minimum Gasteiger partial charge on any atom is -0.454 e. The van der Waals surface area contributed by atoms with E-state index in [9.17, 15) is 9.59 Å². The van der Waals surface area contributed by atoms with Gasteiger partial charge in [0, 0.05) is 11.8 Å². The number of fused-ring (bicyclic) bond motifs is 1. The fourth-order valence-electron chi connectivity index (χ4n) is 6.77. The molecule has 0 radical (unpaired) electrons. The molecular weight excluding hydrogens is 484 g/mol. The molecule has 4 heteroatoms. The highest BCUT2D eigenvalue weighted by molar-refractivity contribution is 5.90. The Bertz CT molecular complexity index is 1400. The van der Waals surface area contributed by atoms with Crippen molar-refractivity contribution in [3.63, 3.8) is 0 Å². The van der Waals surface area contributed by atoms with Crippen molar-refractivity contribution in [3.05, 3.63) is 130 Å².